The van der Waals surface area contributed by atoms with Crippen molar-refractivity contribution in [2.75, 3.05) is 23.4 Å². The van der Waals surface area contributed by atoms with Crippen LogP contribution in [0.1, 0.15) is 13.3 Å². The number of aromatic nitrogens is 1. The van der Waals surface area contributed by atoms with Crippen LogP contribution in [0.5, 0.6) is 0 Å². The molecule has 20 heavy (non-hydrogen) atoms. The molecule has 1 fully saturated rings. The molecule has 1 aliphatic heterocycles. The summed E-state index contributed by atoms with van der Waals surface area (Å²) >= 11 is 0. The second-order valence-electron chi connectivity index (χ2n) is 4.60. The van der Waals surface area contributed by atoms with Crippen LogP contribution < -0.4 is 10.0 Å². The molecule has 1 saturated heterocycles. The number of pyridine rings is 1. The second kappa shape index (κ2) is 5.66. The predicted octanol–water partition coefficient (Wildman–Crippen LogP) is -0.0212. The van der Waals surface area contributed by atoms with E-state index in [4.69, 9.17) is 0 Å². The molecule has 2 N–H and O–H groups in total. The van der Waals surface area contributed by atoms with Crippen LogP contribution in [0.25, 0.3) is 0 Å². The minimum absolute atomic E-state index is 0.0211. The van der Waals surface area contributed by atoms with Crippen molar-refractivity contribution in [3.05, 3.63) is 18.3 Å². The third kappa shape index (κ3) is 3.47. The molecule has 0 aliphatic carbocycles. The summed E-state index contributed by atoms with van der Waals surface area (Å²) in [5, 5.41) is 2.87. The number of nitrogens with zero attached hydrogens (tertiary/aromatic N) is 1. The first-order valence-electron chi connectivity index (χ1n) is 6.26. The highest BCUT2D eigenvalue weighted by molar-refractivity contribution is 7.92. The SMILES string of the molecule is CCNc1ncccc1S(=O)(=O)NC1CCS(=O)(=O)C1. The van der Waals surface area contributed by atoms with E-state index >= 15 is 0 Å². The van der Waals surface area contributed by atoms with Crippen molar-refractivity contribution in [2.45, 2.75) is 24.3 Å². The number of sulfonamides is 1. The second-order valence-corrected chi connectivity index (χ2v) is 8.51. The van der Waals surface area contributed by atoms with E-state index in [-0.39, 0.29) is 22.2 Å². The van der Waals surface area contributed by atoms with Crippen LogP contribution in [0.15, 0.2) is 23.2 Å². The number of nitrogens with one attached hydrogen (secondary N) is 2. The minimum atomic E-state index is -3.79. The van der Waals surface area contributed by atoms with Gasteiger partial charge in [0, 0.05) is 18.8 Å². The first-order chi connectivity index (χ1) is 9.34. The summed E-state index contributed by atoms with van der Waals surface area (Å²) < 4.78 is 49.8. The molecule has 112 valence electrons. The third-order valence-corrected chi connectivity index (χ3v) is 6.28. The zero-order valence-corrected chi connectivity index (χ0v) is 12.7. The predicted molar refractivity (Wildman–Crippen MR) is 75.8 cm³/mol. The van der Waals surface area contributed by atoms with E-state index in [9.17, 15) is 16.8 Å². The lowest BCUT2D eigenvalue weighted by atomic mass is 10.3. The summed E-state index contributed by atoms with van der Waals surface area (Å²) in [5.74, 6) is 0.138. The largest absolute Gasteiger partial charge is 0.369 e. The Labute approximate surface area is 118 Å². The average molecular weight is 319 g/mol. The van der Waals surface area contributed by atoms with Gasteiger partial charge >= 0.3 is 0 Å². The maximum atomic E-state index is 12.3. The van der Waals surface area contributed by atoms with Crippen LogP contribution in [0.2, 0.25) is 0 Å². The molecule has 9 heteroatoms. The van der Waals surface area contributed by atoms with Crippen molar-refractivity contribution in [3.63, 3.8) is 0 Å². The van der Waals surface area contributed by atoms with Gasteiger partial charge in [0.25, 0.3) is 0 Å². The summed E-state index contributed by atoms with van der Waals surface area (Å²) in [5.41, 5.74) is 0. The maximum absolute atomic E-state index is 12.3. The molecule has 0 amide bonds. The van der Waals surface area contributed by atoms with Crippen LogP contribution in [0, 0.1) is 0 Å². The highest BCUT2D eigenvalue weighted by atomic mass is 32.2. The van der Waals surface area contributed by atoms with Crippen LogP contribution in [-0.2, 0) is 19.9 Å². The smallest absolute Gasteiger partial charge is 0.244 e. The van der Waals surface area contributed by atoms with Gasteiger partial charge in [-0.15, -0.1) is 0 Å². The number of hydrogen-bond donors (Lipinski definition) is 2. The van der Waals surface area contributed by atoms with Crippen LogP contribution >= 0.6 is 0 Å². The Balaban J connectivity index is 2.23. The lowest BCUT2D eigenvalue weighted by Crippen LogP contribution is -2.36. The van der Waals surface area contributed by atoms with Gasteiger partial charge in [0.05, 0.1) is 11.5 Å². The molecule has 2 rings (SSSR count). The molecule has 0 radical (unpaired) electrons. The van der Waals surface area contributed by atoms with Gasteiger partial charge in [-0.05, 0) is 25.5 Å². The molecule has 0 saturated carbocycles. The van der Waals surface area contributed by atoms with Gasteiger partial charge < -0.3 is 5.32 Å². The molecule has 1 aromatic rings. The molecule has 1 aliphatic rings. The molecule has 1 unspecified atom stereocenters. The normalized spacial score (nSPS) is 21.8. The molecule has 0 aromatic carbocycles. The third-order valence-electron chi connectivity index (χ3n) is 2.96. The Kier molecular flexibility index (Phi) is 4.31. The van der Waals surface area contributed by atoms with E-state index in [1.165, 1.54) is 18.3 Å². The molecule has 2 heterocycles. The van der Waals surface area contributed by atoms with E-state index in [2.05, 4.69) is 15.0 Å². The molecule has 0 bridgehead atoms. The van der Waals surface area contributed by atoms with E-state index in [0.717, 1.165) is 0 Å². The molecular formula is C11H17N3O4S2. The summed E-state index contributed by atoms with van der Waals surface area (Å²) in [4.78, 5) is 4.02. The van der Waals surface area contributed by atoms with Gasteiger partial charge in [-0.1, -0.05) is 0 Å². The number of anilines is 1. The van der Waals surface area contributed by atoms with E-state index in [1.807, 2.05) is 6.92 Å². The number of sulfone groups is 1. The highest BCUT2D eigenvalue weighted by Gasteiger charge is 2.32. The summed E-state index contributed by atoms with van der Waals surface area (Å²) in [6.45, 7) is 2.37. The lowest BCUT2D eigenvalue weighted by molar-refractivity contribution is 0.562. The van der Waals surface area contributed by atoms with Gasteiger partial charge in [-0.3, -0.25) is 0 Å². The number of hydrogen-bond acceptors (Lipinski definition) is 6. The minimum Gasteiger partial charge on any atom is -0.369 e. The zero-order chi connectivity index (χ0) is 14.8. The van der Waals surface area contributed by atoms with Crippen LogP contribution in [0.4, 0.5) is 5.82 Å². The first-order valence-corrected chi connectivity index (χ1v) is 9.56. The standard InChI is InChI=1S/C11H17N3O4S2/c1-2-12-11-10(4-3-6-13-11)20(17,18)14-9-5-7-19(15,16)8-9/h3-4,6,9,14H,2,5,7-8H2,1H3,(H,12,13). The topological polar surface area (TPSA) is 105 Å². The Hall–Kier alpha value is -1.19. The fourth-order valence-corrected chi connectivity index (χ4v) is 5.26. The number of rotatable bonds is 5. The average Bonchev–Trinajstić information content (AvgIpc) is 2.69. The molecule has 0 spiro atoms. The summed E-state index contributed by atoms with van der Waals surface area (Å²) in [7, 11) is -6.91. The van der Waals surface area contributed by atoms with Gasteiger partial charge in [0.15, 0.2) is 9.84 Å². The Morgan fingerprint density at radius 3 is 2.80 bits per heavy atom. The van der Waals surface area contributed by atoms with Crippen molar-refractivity contribution in [1.82, 2.24) is 9.71 Å². The maximum Gasteiger partial charge on any atom is 0.244 e. The van der Waals surface area contributed by atoms with Crippen molar-refractivity contribution < 1.29 is 16.8 Å². The van der Waals surface area contributed by atoms with Gasteiger partial charge in [-0.2, -0.15) is 0 Å². The Morgan fingerprint density at radius 1 is 1.45 bits per heavy atom. The summed E-state index contributed by atoms with van der Waals surface area (Å²) in [6.07, 6.45) is 1.80. The van der Waals surface area contributed by atoms with E-state index in [0.29, 0.717) is 13.0 Å². The molecule has 7 nitrogen and oxygen atoms in total. The van der Waals surface area contributed by atoms with Crippen molar-refractivity contribution in [2.24, 2.45) is 0 Å². The molecular weight excluding hydrogens is 302 g/mol. The summed E-state index contributed by atoms with van der Waals surface area (Å²) in [6, 6.07) is 2.40. The van der Waals surface area contributed by atoms with E-state index in [1.54, 1.807) is 0 Å². The first kappa shape index (κ1) is 15.2. The van der Waals surface area contributed by atoms with Crippen LogP contribution in [-0.4, -0.2) is 45.9 Å². The van der Waals surface area contributed by atoms with Gasteiger partial charge in [0.1, 0.15) is 10.7 Å². The lowest BCUT2D eigenvalue weighted by Gasteiger charge is -2.14. The molecule has 1 atom stereocenters. The monoisotopic (exact) mass is 319 g/mol. The fraction of sp³-hybridized carbons (Fsp3) is 0.545. The zero-order valence-electron chi connectivity index (χ0n) is 11.0. The van der Waals surface area contributed by atoms with E-state index < -0.39 is 25.9 Å². The van der Waals surface area contributed by atoms with Crippen LogP contribution in [0.3, 0.4) is 0 Å². The Morgan fingerprint density at radius 2 is 2.20 bits per heavy atom. The van der Waals surface area contributed by atoms with Crippen molar-refractivity contribution in [1.29, 1.82) is 0 Å². The van der Waals surface area contributed by atoms with Gasteiger partial charge in [0.2, 0.25) is 10.0 Å². The fourth-order valence-electron chi connectivity index (χ4n) is 2.08. The van der Waals surface area contributed by atoms with Crippen molar-refractivity contribution >= 4 is 25.7 Å². The van der Waals surface area contributed by atoms with Crippen molar-refractivity contribution in [3.8, 4) is 0 Å². The highest BCUT2D eigenvalue weighted by Crippen LogP contribution is 2.20. The quantitative estimate of drug-likeness (QED) is 0.790. The molecule has 1 aromatic heterocycles. The van der Waals surface area contributed by atoms with Gasteiger partial charge in [-0.25, -0.2) is 26.5 Å². The Bertz CT molecular complexity index is 685.